The molecule has 2 aromatic rings. The Morgan fingerprint density at radius 1 is 1.26 bits per heavy atom. The number of hydrogen-bond donors (Lipinski definition) is 1. The van der Waals surface area contributed by atoms with E-state index < -0.39 is 0 Å². The van der Waals surface area contributed by atoms with Gasteiger partial charge in [-0.05, 0) is 12.1 Å². The fraction of sp³-hybridized carbons (Fsp3) is 0.154. The van der Waals surface area contributed by atoms with Crippen molar-refractivity contribution in [2.75, 3.05) is 0 Å². The third-order valence-corrected chi connectivity index (χ3v) is 3.04. The molecule has 19 heavy (non-hydrogen) atoms. The molecular weight excluding hydrogens is 289 g/mol. The lowest BCUT2D eigenvalue weighted by Gasteiger charge is -2.07. The lowest BCUT2D eigenvalue weighted by molar-refractivity contribution is 0.290. The summed E-state index contributed by atoms with van der Waals surface area (Å²) < 4.78 is 10.5. The first-order valence-corrected chi connectivity index (χ1v) is 6.24. The molecule has 1 aromatic heterocycles. The summed E-state index contributed by atoms with van der Waals surface area (Å²) in [7, 11) is 0. The topological polar surface area (TPSA) is 65.5 Å². The number of hydrogen-bond acceptors (Lipinski definition) is 4. The van der Waals surface area contributed by atoms with Crippen LogP contribution in [-0.2, 0) is 13.2 Å². The van der Waals surface area contributed by atoms with E-state index in [1.165, 1.54) is 12.3 Å². The summed E-state index contributed by atoms with van der Waals surface area (Å²) >= 11 is 11.8. The van der Waals surface area contributed by atoms with E-state index in [0.29, 0.717) is 15.8 Å². The Labute approximate surface area is 119 Å². The summed E-state index contributed by atoms with van der Waals surface area (Å²) in [6.07, 6.45) is 1.24. The van der Waals surface area contributed by atoms with Crippen LogP contribution >= 0.6 is 23.2 Å². The molecule has 0 radical (unpaired) electrons. The van der Waals surface area contributed by atoms with Crippen LogP contribution in [0.2, 0.25) is 10.0 Å². The first-order valence-electron chi connectivity index (χ1n) is 5.48. The summed E-state index contributed by atoms with van der Waals surface area (Å²) in [5.41, 5.74) is 5.81. The van der Waals surface area contributed by atoms with Crippen LogP contribution in [0.4, 0.5) is 0 Å². The molecule has 0 fully saturated rings. The molecule has 6 heteroatoms. The van der Waals surface area contributed by atoms with Gasteiger partial charge in [0.05, 0.1) is 6.54 Å². The summed E-state index contributed by atoms with van der Waals surface area (Å²) in [5.74, 6) is 0.519. The SMILES string of the molecule is NCc1cc(=O)c(OCc2ccc(Cl)cc2Cl)co1. The molecule has 1 heterocycles. The lowest BCUT2D eigenvalue weighted by Crippen LogP contribution is -2.09. The molecular formula is C13H11Cl2NO3. The first kappa shape index (κ1) is 13.9. The van der Waals surface area contributed by atoms with Crippen molar-refractivity contribution in [1.82, 2.24) is 0 Å². The zero-order valence-corrected chi connectivity index (χ0v) is 11.4. The Hall–Kier alpha value is -1.49. The van der Waals surface area contributed by atoms with E-state index >= 15 is 0 Å². The van der Waals surface area contributed by atoms with Crippen molar-refractivity contribution in [2.24, 2.45) is 5.73 Å². The molecule has 0 aliphatic carbocycles. The van der Waals surface area contributed by atoms with Crippen molar-refractivity contribution in [3.05, 3.63) is 62.1 Å². The zero-order valence-electron chi connectivity index (χ0n) is 9.86. The average Bonchev–Trinajstić information content (AvgIpc) is 2.39. The summed E-state index contributed by atoms with van der Waals surface area (Å²) in [5, 5.41) is 1.02. The highest BCUT2D eigenvalue weighted by atomic mass is 35.5. The van der Waals surface area contributed by atoms with Gasteiger partial charge in [0.25, 0.3) is 0 Å². The molecule has 2 N–H and O–H groups in total. The fourth-order valence-electron chi connectivity index (χ4n) is 1.45. The van der Waals surface area contributed by atoms with Crippen LogP contribution in [0, 0.1) is 0 Å². The van der Waals surface area contributed by atoms with Gasteiger partial charge in [0, 0.05) is 21.7 Å². The van der Waals surface area contributed by atoms with Gasteiger partial charge in [-0.2, -0.15) is 0 Å². The van der Waals surface area contributed by atoms with E-state index in [9.17, 15) is 4.79 Å². The predicted molar refractivity (Wildman–Crippen MR) is 73.7 cm³/mol. The van der Waals surface area contributed by atoms with Gasteiger partial charge in [-0.15, -0.1) is 0 Å². The highest BCUT2D eigenvalue weighted by Gasteiger charge is 2.06. The molecule has 0 spiro atoms. The second-order valence-electron chi connectivity index (χ2n) is 3.80. The minimum Gasteiger partial charge on any atom is -0.482 e. The molecule has 0 bridgehead atoms. The van der Waals surface area contributed by atoms with Crippen molar-refractivity contribution in [3.63, 3.8) is 0 Å². The van der Waals surface area contributed by atoms with Crippen molar-refractivity contribution >= 4 is 23.2 Å². The van der Waals surface area contributed by atoms with E-state index in [2.05, 4.69) is 0 Å². The third-order valence-electron chi connectivity index (χ3n) is 2.45. The lowest BCUT2D eigenvalue weighted by atomic mass is 10.2. The van der Waals surface area contributed by atoms with Gasteiger partial charge in [0.15, 0.2) is 0 Å². The van der Waals surface area contributed by atoms with Crippen LogP contribution in [0.25, 0.3) is 0 Å². The second kappa shape index (κ2) is 6.10. The molecule has 1 aromatic carbocycles. The smallest absolute Gasteiger partial charge is 0.227 e. The van der Waals surface area contributed by atoms with Gasteiger partial charge in [-0.1, -0.05) is 29.3 Å². The van der Waals surface area contributed by atoms with Crippen molar-refractivity contribution in [3.8, 4) is 5.75 Å². The molecule has 0 atom stereocenters. The summed E-state index contributed by atoms with van der Waals surface area (Å²) in [4.78, 5) is 11.7. The van der Waals surface area contributed by atoms with Crippen LogP contribution in [-0.4, -0.2) is 0 Å². The molecule has 100 valence electrons. The normalized spacial score (nSPS) is 10.5. The van der Waals surface area contributed by atoms with Crippen LogP contribution in [0.5, 0.6) is 5.75 Å². The quantitative estimate of drug-likeness (QED) is 0.942. The maximum absolute atomic E-state index is 11.7. The van der Waals surface area contributed by atoms with Gasteiger partial charge in [0.1, 0.15) is 18.6 Å². The molecule has 0 amide bonds. The Kier molecular flexibility index (Phi) is 4.47. The first-order chi connectivity index (χ1) is 9.10. The maximum Gasteiger partial charge on any atom is 0.227 e. The molecule has 0 saturated heterocycles. The van der Waals surface area contributed by atoms with Crippen LogP contribution in [0.3, 0.4) is 0 Å². The largest absolute Gasteiger partial charge is 0.482 e. The minimum atomic E-state index is -0.281. The minimum absolute atomic E-state index is 0.114. The molecule has 0 aliphatic heterocycles. The Bertz CT molecular complexity index is 640. The standard InChI is InChI=1S/C13H11Cl2NO3/c14-9-2-1-8(11(15)3-9)6-19-13-7-18-10(5-16)4-12(13)17/h1-4,7H,5-6,16H2. The number of nitrogens with two attached hydrogens (primary N) is 1. The van der Waals surface area contributed by atoms with Crippen LogP contribution < -0.4 is 15.9 Å². The maximum atomic E-state index is 11.7. The van der Waals surface area contributed by atoms with Gasteiger partial charge in [-0.3, -0.25) is 4.79 Å². The van der Waals surface area contributed by atoms with Gasteiger partial charge in [0.2, 0.25) is 11.2 Å². The third kappa shape index (κ3) is 3.50. The van der Waals surface area contributed by atoms with Crippen molar-refractivity contribution in [2.45, 2.75) is 13.2 Å². The summed E-state index contributed by atoms with van der Waals surface area (Å²) in [6, 6.07) is 6.35. The number of halogens is 2. The van der Waals surface area contributed by atoms with Gasteiger partial charge >= 0.3 is 0 Å². The molecule has 2 rings (SSSR count). The Balaban J connectivity index is 2.12. The van der Waals surface area contributed by atoms with Crippen LogP contribution in [0.1, 0.15) is 11.3 Å². The van der Waals surface area contributed by atoms with Gasteiger partial charge < -0.3 is 14.9 Å². The van der Waals surface area contributed by atoms with E-state index in [0.717, 1.165) is 5.56 Å². The van der Waals surface area contributed by atoms with E-state index in [4.69, 9.17) is 38.1 Å². The second-order valence-corrected chi connectivity index (χ2v) is 4.65. The summed E-state index contributed by atoms with van der Waals surface area (Å²) in [6.45, 7) is 0.321. The predicted octanol–water partition coefficient (Wildman–Crippen LogP) is 2.98. The highest BCUT2D eigenvalue weighted by Crippen LogP contribution is 2.22. The number of ether oxygens (including phenoxy) is 1. The van der Waals surface area contributed by atoms with E-state index in [1.807, 2.05) is 0 Å². The molecule has 0 aliphatic rings. The monoisotopic (exact) mass is 299 g/mol. The fourth-order valence-corrected chi connectivity index (χ4v) is 1.91. The highest BCUT2D eigenvalue weighted by molar-refractivity contribution is 6.35. The molecule has 0 unspecified atom stereocenters. The van der Waals surface area contributed by atoms with E-state index in [-0.39, 0.29) is 24.3 Å². The van der Waals surface area contributed by atoms with Crippen molar-refractivity contribution in [1.29, 1.82) is 0 Å². The van der Waals surface area contributed by atoms with Gasteiger partial charge in [-0.25, -0.2) is 0 Å². The Morgan fingerprint density at radius 2 is 2.05 bits per heavy atom. The molecule has 0 saturated carbocycles. The molecule has 4 nitrogen and oxygen atoms in total. The number of rotatable bonds is 4. The number of benzene rings is 1. The average molecular weight is 300 g/mol. The Morgan fingerprint density at radius 3 is 2.68 bits per heavy atom. The van der Waals surface area contributed by atoms with E-state index in [1.54, 1.807) is 18.2 Å². The zero-order chi connectivity index (χ0) is 13.8. The van der Waals surface area contributed by atoms with Crippen molar-refractivity contribution < 1.29 is 9.15 Å². The van der Waals surface area contributed by atoms with Crippen LogP contribution in [0.15, 0.2) is 39.7 Å².